The van der Waals surface area contributed by atoms with Crippen LogP contribution in [0.15, 0.2) is 181 Å². The first-order valence-electron chi connectivity index (χ1n) is 16.7. The summed E-state index contributed by atoms with van der Waals surface area (Å²) in [5.41, 5.74) is 6.94. The van der Waals surface area contributed by atoms with Crippen molar-refractivity contribution in [1.82, 2.24) is 14.1 Å². The molecular formula is C44H31N3SSi. The number of rotatable bonds is 5. The van der Waals surface area contributed by atoms with Gasteiger partial charge in [0.15, 0.2) is 8.07 Å². The fraction of sp³-hybridized carbons (Fsp3) is 0.0227. The summed E-state index contributed by atoms with van der Waals surface area (Å²) in [7, 11) is -2.71. The quantitative estimate of drug-likeness (QED) is 0.137. The SMILES string of the molecule is c1ccc([Si](c2ccccc2)(c2ccccc2)c2ccc3c4ccccc4n(-c4ccc5nc6n(c5c4)-c4ccccc4SC6)c3c2)cc1. The molecule has 1 aliphatic heterocycles. The third-order valence-corrected chi connectivity index (χ3v) is 16.0. The summed E-state index contributed by atoms with van der Waals surface area (Å²) in [6.45, 7) is 0. The second-order valence-corrected chi connectivity index (χ2v) is 17.6. The Hall–Kier alpha value is -5.62. The molecule has 1 aliphatic rings. The molecule has 49 heavy (non-hydrogen) atoms. The van der Waals surface area contributed by atoms with Crippen LogP contribution in [0.1, 0.15) is 5.82 Å². The molecule has 9 aromatic rings. The summed E-state index contributed by atoms with van der Waals surface area (Å²) in [6.07, 6.45) is 0. The van der Waals surface area contributed by atoms with Crippen molar-refractivity contribution >= 4 is 73.4 Å². The Morgan fingerprint density at radius 1 is 0.469 bits per heavy atom. The summed E-state index contributed by atoms with van der Waals surface area (Å²) < 4.78 is 4.83. The first kappa shape index (κ1) is 28.4. The molecule has 0 radical (unpaired) electrons. The van der Waals surface area contributed by atoms with E-state index in [-0.39, 0.29) is 0 Å². The van der Waals surface area contributed by atoms with Gasteiger partial charge in [-0.05, 0) is 63.2 Å². The molecule has 0 unspecified atom stereocenters. The van der Waals surface area contributed by atoms with Crippen LogP contribution >= 0.6 is 11.8 Å². The average Bonchev–Trinajstić information content (AvgIpc) is 3.72. The van der Waals surface area contributed by atoms with Crippen LogP contribution in [-0.4, -0.2) is 22.2 Å². The molecule has 10 rings (SSSR count). The number of nitrogens with zero attached hydrogens (tertiary/aromatic N) is 3. The second kappa shape index (κ2) is 11.2. The Kier molecular flexibility index (Phi) is 6.51. The van der Waals surface area contributed by atoms with Crippen molar-refractivity contribution in [2.45, 2.75) is 10.6 Å². The molecule has 0 atom stereocenters. The predicted octanol–water partition coefficient (Wildman–Crippen LogP) is 8.11. The molecule has 0 amide bonds. The van der Waals surface area contributed by atoms with E-state index >= 15 is 0 Å². The molecule has 3 nitrogen and oxygen atoms in total. The van der Waals surface area contributed by atoms with Crippen molar-refractivity contribution < 1.29 is 0 Å². The zero-order valence-electron chi connectivity index (χ0n) is 26.7. The molecule has 0 saturated carbocycles. The molecule has 0 spiro atoms. The number of imidazole rings is 1. The van der Waals surface area contributed by atoms with E-state index in [2.05, 4.69) is 185 Å². The van der Waals surface area contributed by atoms with Crippen LogP contribution in [-0.2, 0) is 5.75 Å². The van der Waals surface area contributed by atoms with Gasteiger partial charge in [0.1, 0.15) is 5.82 Å². The summed E-state index contributed by atoms with van der Waals surface area (Å²) in [6, 6.07) is 65.1. The van der Waals surface area contributed by atoms with Crippen LogP contribution in [0.3, 0.4) is 0 Å². The van der Waals surface area contributed by atoms with E-state index in [0.29, 0.717) is 0 Å². The van der Waals surface area contributed by atoms with E-state index in [1.54, 1.807) is 0 Å². The normalized spacial score (nSPS) is 12.7. The number of benzene rings is 7. The van der Waals surface area contributed by atoms with Crippen LogP contribution in [0.5, 0.6) is 0 Å². The van der Waals surface area contributed by atoms with E-state index in [9.17, 15) is 0 Å². The molecule has 0 aliphatic carbocycles. The third-order valence-electron chi connectivity index (χ3n) is 10.2. The van der Waals surface area contributed by atoms with Crippen molar-refractivity contribution in [1.29, 1.82) is 0 Å². The number of fused-ring (bicyclic) bond motifs is 8. The summed E-state index contributed by atoms with van der Waals surface area (Å²) in [5, 5.41) is 8.00. The molecule has 3 heterocycles. The maximum absolute atomic E-state index is 5.08. The highest BCUT2D eigenvalue weighted by Gasteiger charge is 2.41. The number of hydrogen-bond acceptors (Lipinski definition) is 2. The minimum atomic E-state index is -2.71. The lowest BCUT2D eigenvalue weighted by molar-refractivity contribution is 0.945. The average molecular weight is 662 g/mol. The van der Waals surface area contributed by atoms with Crippen molar-refractivity contribution in [2.24, 2.45) is 0 Å². The molecule has 0 fully saturated rings. The Morgan fingerprint density at radius 3 is 1.80 bits per heavy atom. The molecule has 2 aromatic heterocycles. The largest absolute Gasteiger partial charge is 0.309 e. The van der Waals surface area contributed by atoms with Gasteiger partial charge in [-0.25, -0.2) is 4.98 Å². The third kappa shape index (κ3) is 4.26. The lowest BCUT2D eigenvalue weighted by atomic mass is 10.1. The molecule has 232 valence electrons. The molecule has 0 N–H and O–H groups in total. The van der Waals surface area contributed by atoms with E-state index in [1.165, 1.54) is 53.1 Å². The minimum absolute atomic E-state index is 0.866. The standard InChI is InChI=1S/C44H31N3SSi/c1-4-14-32(15-5-1)49(33-16-6-2-7-17-33,34-18-8-3-9-19-34)35-25-26-37-36-20-10-11-21-39(36)46(41(37)29-35)31-24-27-38-42(28-31)47-40-22-12-13-23-43(40)48-30-44(47)45-38/h1-29H,30H2. The van der Waals surface area contributed by atoms with E-state index in [0.717, 1.165) is 28.3 Å². The monoisotopic (exact) mass is 661 g/mol. The van der Waals surface area contributed by atoms with Gasteiger partial charge in [-0.15, -0.1) is 11.8 Å². The van der Waals surface area contributed by atoms with Crippen LogP contribution in [0.25, 0.3) is 44.2 Å². The highest BCUT2D eigenvalue weighted by molar-refractivity contribution is 7.98. The number of hydrogen-bond donors (Lipinski definition) is 0. The van der Waals surface area contributed by atoms with Gasteiger partial charge < -0.3 is 4.57 Å². The highest BCUT2D eigenvalue weighted by Crippen LogP contribution is 2.39. The number of thioether (sulfide) groups is 1. The lowest BCUT2D eigenvalue weighted by Crippen LogP contribution is -2.74. The predicted molar refractivity (Wildman–Crippen MR) is 209 cm³/mol. The van der Waals surface area contributed by atoms with Gasteiger partial charge in [-0.2, -0.15) is 0 Å². The molecular weight excluding hydrogens is 631 g/mol. The molecule has 0 saturated heterocycles. The van der Waals surface area contributed by atoms with Gasteiger partial charge in [-0.3, -0.25) is 4.57 Å². The summed E-state index contributed by atoms with van der Waals surface area (Å²) >= 11 is 1.87. The Balaban J connectivity index is 1.28. The molecule has 7 aromatic carbocycles. The highest BCUT2D eigenvalue weighted by atomic mass is 32.2. The second-order valence-electron chi connectivity index (χ2n) is 12.7. The van der Waals surface area contributed by atoms with Gasteiger partial charge in [0.2, 0.25) is 0 Å². The number of aromatic nitrogens is 3. The van der Waals surface area contributed by atoms with E-state index in [4.69, 9.17) is 4.98 Å². The van der Waals surface area contributed by atoms with Crippen molar-refractivity contribution in [2.75, 3.05) is 0 Å². The topological polar surface area (TPSA) is 22.8 Å². The van der Waals surface area contributed by atoms with Gasteiger partial charge in [0, 0.05) is 21.4 Å². The number of para-hydroxylation sites is 2. The summed E-state index contributed by atoms with van der Waals surface area (Å²) in [4.78, 5) is 6.38. The van der Waals surface area contributed by atoms with E-state index in [1.807, 2.05) is 11.8 Å². The first-order valence-corrected chi connectivity index (χ1v) is 19.7. The van der Waals surface area contributed by atoms with Crippen molar-refractivity contribution in [3.63, 3.8) is 0 Å². The Labute approximate surface area is 290 Å². The fourth-order valence-corrected chi connectivity index (χ4v) is 13.8. The van der Waals surface area contributed by atoms with Gasteiger partial charge in [0.05, 0.1) is 33.5 Å². The van der Waals surface area contributed by atoms with Crippen LogP contribution < -0.4 is 20.7 Å². The van der Waals surface area contributed by atoms with Gasteiger partial charge >= 0.3 is 0 Å². The molecule has 0 bridgehead atoms. The first-order chi connectivity index (χ1) is 24.3. The van der Waals surface area contributed by atoms with Crippen molar-refractivity contribution in [3.05, 3.63) is 182 Å². The van der Waals surface area contributed by atoms with Gasteiger partial charge in [-0.1, -0.05) is 133 Å². The Morgan fingerprint density at radius 2 is 1.08 bits per heavy atom. The Bertz CT molecular complexity index is 2560. The maximum atomic E-state index is 5.08. The lowest BCUT2D eigenvalue weighted by Gasteiger charge is -2.34. The zero-order chi connectivity index (χ0) is 32.4. The molecule has 5 heteroatoms. The summed E-state index contributed by atoms with van der Waals surface area (Å²) in [5.74, 6) is 1.97. The van der Waals surface area contributed by atoms with E-state index < -0.39 is 8.07 Å². The zero-order valence-corrected chi connectivity index (χ0v) is 28.5. The van der Waals surface area contributed by atoms with Crippen LogP contribution in [0, 0.1) is 0 Å². The van der Waals surface area contributed by atoms with Crippen LogP contribution in [0.4, 0.5) is 0 Å². The van der Waals surface area contributed by atoms with Gasteiger partial charge in [0.25, 0.3) is 0 Å². The minimum Gasteiger partial charge on any atom is -0.309 e. The van der Waals surface area contributed by atoms with Crippen LogP contribution in [0.2, 0.25) is 0 Å². The fourth-order valence-electron chi connectivity index (χ4n) is 8.07. The smallest absolute Gasteiger partial charge is 0.179 e. The maximum Gasteiger partial charge on any atom is 0.179 e. The van der Waals surface area contributed by atoms with Crippen molar-refractivity contribution in [3.8, 4) is 11.4 Å².